The zero-order valence-corrected chi connectivity index (χ0v) is 12.2. The zero-order chi connectivity index (χ0) is 14.8. The van der Waals surface area contributed by atoms with Crippen LogP contribution >= 0.6 is 0 Å². The third kappa shape index (κ3) is 5.31. The van der Waals surface area contributed by atoms with E-state index >= 15 is 0 Å². The minimum atomic E-state index is 0.0800. The average Bonchev–Trinajstić information content (AvgIpc) is 2.56. The summed E-state index contributed by atoms with van der Waals surface area (Å²) in [6.07, 6.45) is 0. The summed E-state index contributed by atoms with van der Waals surface area (Å²) in [5, 5.41) is 12.1. The van der Waals surface area contributed by atoms with Crippen LogP contribution in [0.4, 0.5) is 0 Å². The van der Waals surface area contributed by atoms with Crippen molar-refractivity contribution in [2.45, 2.75) is 5.92 Å². The first-order chi connectivity index (χ1) is 10.4. The number of aliphatic hydroxyl groups is 1. The summed E-state index contributed by atoms with van der Waals surface area (Å²) in [6, 6.07) is 21.1. The number of benzene rings is 2. The summed E-state index contributed by atoms with van der Waals surface area (Å²) in [6.45, 7) is 2.77. The Balaban J connectivity index is 1.94. The maximum atomic E-state index is 8.66. The molecule has 0 saturated heterocycles. The lowest BCUT2D eigenvalue weighted by Crippen LogP contribution is -2.26. The van der Waals surface area contributed by atoms with Gasteiger partial charge in [0.15, 0.2) is 0 Å². The average molecular weight is 285 g/mol. The molecule has 0 spiro atoms. The van der Waals surface area contributed by atoms with E-state index in [9.17, 15) is 0 Å². The molecule has 112 valence electrons. The van der Waals surface area contributed by atoms with Crippen molar-refractivity contribution in [3.8, 4) is 0 Å². The van der Waals surface area contributed by atoms with Crippen LogP contribution in [0.25, 0.3) is 0 Å². The minimum absolute atomic E-state index is 0.0800. The highest BCUT2D eigenvalue weighted by Crippen LogP contribution is 2.23. The smallest absolute Gasteiger partial charge is 0.0698 e. The molecule has 0 atom stereocenters. The second-order valence-electron chi connectivity index (χ2n) is 4.91. The van der Waals surface area contributed by atoms with E-state index in [4.69, 9.17) is 9.84 Å². The third-order valence-corrected chi connectivity index (χ3v) is 3.41. The maximum Gasteiger partial charge on any atom is 0.0698 e. The van der Waals surface area contributed by atoms with Crippen molar-refractivity contribution in [1.82, 2.24) is 5.32 Å². The van der Waals surface area contributed by atoms with Crippen molar-refractivity contribution in [2.24, 2.45) is 0 Å². The number of nitrogens with one attached hydrogen (secondary N) is 1. The van der Waals surface area contributed by atoms with Crippen molar-refractivity contribution < 1.29 is 9.84 Å². The normalized spacial score (nSPS) is 11.0. The lowest BCUT2D eigenvalue weighted by molar-refractivity contribution is 0.0939. The predicted molar refractivity (Wildman–Crippen MR) is 85.5 cm³/mol. The molecule has 0 heterocycles. The summed E-state index contributed by atoms with van der Waals surface area (Å²) < 4.78 is 5.26. The van der Waals surface area contributed by atoms with Crippen molar-refractivity contribution in [3.63, 3.8) is 0 Å². The summed E-state index contributed by atoms with van der Waals surface area (Å²) in [7, 11) is 0. The second-order valence-corrected chi connectivity index (χ2v) is 4.91. The largest absolute Gasteiger partial charge is 0.394 e. The molecule has 0 fully saturated rings. The van der Waals surface area contributed by atoms with Gasteiger partial charge in [0.05, 0.1) is 19.8 Å². The molecule has 0 radical (unpaired) electrons. The second kappa shape index (κ2) is 9.29. The van der Waals surface area contributed by atoms with E-state index in [1.807, 2.05) is 12.1 Å². The van der Waals surface area contributed by atoms with E-state index in [-0.39, 0.29) is 6.61 Å². The van der Waals surface area contributed by atoms with E-state index in [1.165, 1.54) is 11.1 Å². The SMILES string of the molecule is OCCOCCNCC(c1ccccc1)c1ccccc1. The van der Waals surface area contributed by atoms with E-state index in [0.717, 1.165) is 13.1 Å². The Morgan fingerprint density at radius 2 is 1.43 bits per heavy atom. The van der Waals surface area contributed by atoms with Gasteiger partial charge in [-0.1, -0.05) is 60.7 Å². The van der Waals surface area contributed by atoms with Crippen LogP contribution in [0.15, 0.2) is 60.7 Å². The molecule has 0 aliphatic carbocycles. The van der Waals surface area contributed by atoms with Crippen molar-refractivity contribution in [3.05, 3.63) is 71.8 Å². The van der Waals surface area contributed by atoms with Crippen LogP contribution in [-0.4, -0.2) is 38.0 Å². The molecule has 2 N–H and O–H groups in total. The van der Waals surface area contributed by atoms with Gasteiger partial charge in [-0.2, -0.15) is 0 Å². The summed E-state index contributed by atoms with van der Waals surface area (Å²) in [4.78, 5) is 0. The van der Waals surface area contributed by atoms with Crippen LogP contribution in [0, 0.1) is 0 Å². The Labute approximate surface area is 126 Å². The highest BCUT2D eigenvalue weighted by Gasteiger charge is 2.12. The van der Waals surface area contributed by atoms with Crippen molar-refractivity contribution in [2.75, 3.05) is 32.9 Å². The van der Waals surface area contributed by atoms with Crippen LogP contribution in [0.2, 0.25) is 0 Å². The molecule has 0 aliphatic heterocycles. The first-order valence-corrected chi connectivity index (χ1v) is 7.41. The van der Waals surface area contributed by atoms with Gasteiger partial charge in [0.2, 0.25) is 0 Å². The Bertz CT molecular complexity index is 448. The summed E-state index contributed by atoms with van der Waals surface area (Å²) in [5.41, 5.74) is 2.62. The number of rotatable bonds is 9. The molecule has 2 aromatic carbocycles. The number of hydrogen-bond acceptors (Lipinski definition) is 3. The standard InChI is InChI=1S/C18H23NO2/c20-12-14-21-13-11-19-15-18(16-7-3-1-4-8-16)17-9-5-2-6-10-17/h1-10,18-20H,11-15H2. The van der Waals surface area contributed by atoms with E-state index in [2.05, 4.69) is 53.8 Å². The van der Waals surface area contributed by atoms with Crippen LogP contribution in [-0.2, 0) is 4.74 Å². The van der Waals surface area contributed by atoms with E-state index in [0.29, 0.717) is 19.1 Å². The van der Waals surface area contributed by atoms with Gasteiger partial charge < -0.3 is 15.2 Å². The molecule has 0 bridgehead atoms. The van der Waals surface area contributed by atoms with Crippen LogP contribution in [0.3, 0.4) is 0 Å². The van der Waals surface area contributed by atoms with Gasteiger partial charge >= 0.3 is 0 Å². The molecule has 0 saturated carbocycles. The van der Waals surface area contributed by atoms with Gasteiger partial charge in [-0.25, -0.2) is 0 Å². The van der Waals surface area contributed by atoms with Crippen LogP contribution in [0.5, 0.6) is 0 Å². The fraction of sp³-hybridized carbons (Fsp3) is 0.333. The van der Waals surface area contributed by atoms with Gasteiger partial charge in [-0.3, -0.25) is 0 Å². The lowest BCUT2D eigenvalue weighted by Gasteiger charge is -2.19. The van der Waals surface area contributed by atoms with Gasteiger partial charge in [0, 0.05) is 19.0 Å². The summed E-state index contributed by atoms with van der Waals surface area (Å²) in [5.74, 6) is 0.338. The third-order valence-electron chi connectivity index (χ3n) is 3.41. The lowest BCUT2D eigenvalue weighted by atomic mass is 9.91. The topological polar surface area (TPSA) is 41.5 Å². The van der Waals surface area contributed by atoms with Crippen molar-refractivity contribution in [1.29, 1.82) is 0 Å². The fourth-order valence-electron chi connectivity index (χ4n) is 2.36. The predicted octanol–water partition coefficient (Wildman–Crippen LogP) is 2.42. The fourth-order valence-corrected chi connectivity index (χ4v) is 2.36. The Morgan fingerprint density at radius 3 is 1.95 bits per heavy atom. The zero-order valence-electron chi connectivity index (χ0n) is 12.2. The Morgan fingerprint density at radius 1 is 0.857 bits per heavy atom. The molecule has 0 aliphatic rings. The molecular formula is C18H23NO2. The Hall–Kier alpha value is -1.68. The van der Waals surface area contributed by atoms with Crippen LogP contribution < -0.4 is 5.32 Å². The monoisotopic (exact) mass is 285 g/mol. The molecule has 0 amide bonds. The molecule has 2 aromatic rings. The molecule has 21 heavy (non-hydrogen) atoms. The Kier molecular flexibility index (Phi) is 6.95. The molecule has 3 heteroatoms. The molecular weight excluding hydrogens is 262 g/mol. The van der Waals surface area contributed by atoms with E-state index in [1.54, 1.807) is 0 Å². The minimum Gasteiger partial charge on any atom is -0.394 e. The number of hydrogen-bond donors (Lipinski definition) is 2. The number of aliphatic hydroxyl groups excluding tert-OH is 1. The van der Waals surface area contributed by atoms with E-state index < -0.39 is 0 Å². The van der Waals surface area contributed by atoms with Gasteiger partial charge in [-0.05, 0) is 11.1 Å². The highest BCUT2D eigenvalue weighted by molar-refractivity contribution is 5.32. The first-order valence-electron chi connectivity index (χ1n) is 7.41. The molecule has 2 rings (SSSR count). The molecule has 3 nitrogen and oxygen atoms in total. The molecule has 0 unspecified atom stereocenters. The maximum absolute atomic E-state index is 8.66. The van der Waals surface area contributed by atoms with Gasteiger partial charge in [0.25, 0.3) is 0 Å². The number of ether oxygens (including phenoxy) is 1. The van der Waals surface area contributed by atoms with Gasteiger partial charge in [-0.15, -0.1) is 0 Å². The van der Waals surface area contributed by atoms with Crippen LogP contribution in [0.1, 0.15) is 17.0 Å². The van der Waals surface area contributed by atoms with Gasteiger partial charge in [0.1, 0.15) is 0 Å². The summed E-state index contributed by atoms with van der Waals surface area (Å²) >= 11 is 0. The quantitative estimate of drug-likeness (QED) is 0.695. The first kappa shape index (κ1) is 15.7. The molecule has 0 aromatic heterocycles. The van der Waals surface area contributed by atoms with Crippen molar-refractivity contribution >= 4 is 0 Å². The highest BCUT2D eigenvalue weighted by atomic mass is 16.5.